The number of carbonyl (C=O) groups is 2. The second-order valence-electron chi connectivity index (χ2n) is 4.33. The topological polar surface area (TPSA) is 148 Å². The number of hydrogen-bond acceptors (Lipinski definition) is 6. The van der Waals surface area contributed by atoms with E-state index in [-0.39, 0.29) is 17.8 Å². The number of nitrogens with one attached hydrogen (secondary N) is 1. The summed E-state index contributed by atoms with van der Waals surface area (Å²) in [4.78, 5) is 36.1. The number of aliphatic carboxylic acids is 1. The third-order valence-corrected chi connectivity index (χ3v) is 2.92. The lowest BCUT2D eigenvalue weighted by Gasteiger charge is -2.25. The fourth-order valence-corrected chi connectivity index (χ4v) is 1.40. The summed E-state index contributed by atoms with van der Waals surface area (Å²) in [5.41, 5.74) is 3.12. The predicted octanol–water partition coefficient (Wildman–Crippen LogP) is 0.754. The predicted molar refractivity (Wildman–Crippen MR) is 69.4 cm³/mol. The summed E-state index contributed by atoms with van der Waals surface area (Å²) in [6, 6.07) is 0.954. The van der Waals surface area contributed by atoms with E-state index in [1.165, 1.54) is 6.92 Å². The normalized spacial score (nSPS) is 13.3. The molecule has 9 nitrogen and oxygen atoms in total. The van der Waals surface area contributed by atoms with Gasteiger partial charge in [0.05, 0.1) is 10.5 Å². The van der Waals surface area contributed by atoms with E-state index in [4.69, 9.17) is 10.8 Å². The van der Waals surface area contributed by atoms with Gasteiger partial charge in [0, 0.05) is 6.07 Å². The van der Waals surface area contributed by atoms with Crippen LogP contribution in [-0.2, 0) is 4.79 Å². The molecule has 1 aromatic heterocycles. The average Bonchev–Trinajstić information content (AvgIpc) is 2.38. The second kappa shape index (κ2) is 5.51. The lowest BCUT2D eigenvalue weighted by Crippen LogP contribution is -2.43. The van der Waals surface area contributed by atoms with E-state index < -0.39 is 28.0 Å². The number of primary amides is 1. The number of nitro groups is 1. The van der Waals surface area contributed by atoms with Crippen LogP contribution in [0.5, 0.6) is 0 Å². The van der Waals surface area contributed by atoms with Crippen LogP contribution in [-0.4, -0.2) is 32.4 Å². The summed E-state index contributed by atoms with van der Waals surface area (Å²) in [5, 5.41) is 22.4. The van der Waals surface area contributed by atoms with E-state index in [2.05, 4.69) is 10.3 Å². The highest BCUT2D eigenvalue weighted by Gasteiger charge is 2.32. The van der Waals surface area contributed by atoms with E-state index in [9.17, 15) is 19.7 Å². The lowest BCUT2D eigenvalue weighted by atomic mass is 9.99. The van der Waals surface area contributed by atoms with Crippen LogP contribution >= 0.6 is 0 Å². The molecule has 0 bridgehead atoms. The molecule has 0 aromatic carbocycles. The zero-order valence-electron chi connectivity index (χ0n) is 10.9. The minimum absolute atomic E-state index is 0.102. The largest absolute Gasteiger partial charge is 0.480 e. The maximum atomic E-state index is 11.3. The first-order valence-electron chi connectivity index (χ1n) is 5.67. The first-order valence-corrected chi connectivity index (χ1v) is 5.67. The molecule has 4 N–H and O–H groups in total. The van der Waals surface area contributed by atoms with Gasteiger partial charge in [-0.25, -0.2) is 9.78 Å². The van der Waals surface area contributed by atoms with Crippen molar-refractivity contribution in [2.45, 2.75) is 25.8 Å². The highest BCUT2D eigenvalue weighted by molar-refractivity contribution is 5.99. The van der Waals surface area contributed by atoms with Crippen molar-refractivity contribution in [2.24, 2.45) is 5.73 Å². The molecule has 9 heteroatoms. The minimum Gasteiger partial charge on any atom is -0.480 e. The highest BCUT2D eigenvalue weighted by Crippen LogP contribution is 2.23. The van der Waals surface area contributed by atoms with Crippen molar-refractivity contribution >= 4 is 23.4 Å². The van der Waals surface area contributed by atoms with Gasteiger partial charge in [0.2, 0.25) is 0 Å². The van der Waals surface area contributed by atoms with Crippen LogP contribution in [0.15, 0.2) is 12.3 Å². The zero-order chi connectivity index (χ0) is 15.5. The van der Waals surface area contributed by atoms with Gasteiger partial charge < -0.3 is 16.2 Å². The molecule has 1 amide bonds. The smallest absolute Gasteiger partial charge is 0.329 e. The SMILES string of the molecule is CCC(C)(Nc1ncc([N+](=O)[O-])cc1C(N)=O)C(=O)O. The van der Waals surface area contributed by atoms with Gasteiger partial charge in [-0.1, -0.05) is 6.92 Å². The molecule has 0 aliphatic carbocycles. The number of hydrogen-bond donors (Lipinski definition) is 3. The van der Waals surface area contributed by atoms with E-state index in [1.807, 2.05) is 0 Å². The number of anilines is 1. The summed E-state index contributed by atoms with van der Waals surface area (Å²) in [6.07, 6.45) is 1.13. The third-order valence-electron chi connectivity index (χ3n) is 2.92. The Bertz CT molecular complexity index is 574. The molecule has 1 unspecified atom stereocenters. The van der Waals surface area contributed by atoms with Gasteiger partial charge in [0.1, 0.15) is 17.6 Å². The first-order chi connectivity index (χ1) is 9.21. The van der Waals surface area contributed by atoms with Crippen molar-refractivity contribution in [1.29, 1.82) is 0 Å². The summed E-state index contributed by atoms with van der Waals surface area (Å²) >= 11 is 0. The molecule has 0 spiro atoms. The summed E-state index contributed by atoms with van der Waals surface area (Å²) in [5.74, 6) is -2.18. The number of nitrogens with two attached hydrogens (primary N) is 1. The van der Waals surface area contributed by atoms with Gasteiger partial charge in [-0.3, -0.25) is 14.9 Å². The monoisotopic (exact) mass is 282 g/mol. The van der Waals surface area contributed by atoms with Crippen LogP contribution in [0, 0.1) is 10.1 Å². The Kier molecular flexibility index (Phi) is 4.23. The molecule has 0 saturated heterocycles. The molecular weight excluding hydrogens is 268 g/mol. The standard InChI is InChI=1S/C11H14N4O5/c1-3-11(2,10(17)18)14-9-7(8(12)16)4-6(5-13-9)15(19)20/h4-5H,3H2,1-2H3,(H2,12,16)(H,13,14)(H,17,18). The van der Waals surface area contributed by atoms with Crippen molar-refractivity contribution < 1.29 is 19.6 Å². The maximum Gasteiger partial charge on any atom is 0.329 e. The van der Waals surface area contributed by atoms with Crippen molar-refractivity contribution in [2.75, 3.05) is 5.32 Å². The number of amides is 1. The van der Waals surface area contributed by atoms with Crippen molar-refractivity contribution in [3.8, 4) is 0 Å². The molecule has 0 aliphatic rings. The molecule has 0 fully saturated rings. The summed E-state index contributed by atoms with van der Waals surface area (Å²) in [6.45, 7) is 3.04. The molecule has 1 aromatic rings. The van der Waals surface area contributed by atoms with Gasteiger partial charge in [-0.05, 0) is 13.3 Å². The molecule has 20 heavy (non-hydrogen) atoms. The Hall–Kier alpha value is -2.71. The average molecular weight is 282 g/mol. The van der Waals surface area contributed by atoms with E-state index in [0.29, 0.717) is 0 Å². The van der Waals surface area contributed by atoms with Crippen LogP contribution in [0.3, 0.4) is 0 Å². The number of pyridine rings is 1. The first kappa shape index (κ1) is 15.3. The van der Waals surface area contributed by atoms with Crippen LogP contribution < -0.4 is 11.1 Å². The van der Waals surface area contributed by atoms with Crippen LogP contribution in [0.1, 0.15) is 30.6 Å². The fraction of sp³-hybridized carbons (Fsp3) is 0.364. The van der Waals surface area contributed by atoms with Crippen molar-refractivity contribution in [3.63, 3.8) is 0 Å². The Morgan fingerprint density at radius 2 is 2.20 bits per heavy atom. The zero-order valence-corrected chi connectivity index (χ0v) is 10.9. The maximum absolute atomic E-state index is 11.3. The number of carboxylic acid groups (broad SMARTS) is 1. The Morgan fingerprint density at radius 1 is 1.60 bits per heavy atom. The molecule has 108 valence electrons. The molecule has 0 radical (unpaired) electrons. The highest BCUT2D eigenvalue weighted by atomic mass is 16.6. The summed E-state index contributed by atoms with van der Waals surface area (Å²) in [7, 11) is 0. The number of aromatic nitrogens is 1. The molecule has 0 saturated carbocycles. The van der Waals surface area contributed by atoms with Gasteiger partial charge in [-0.2, -0.15) is 0 Å². The molecule has 1 rings (SSSR count). The Morgan fingerprint density at radius 3 is 2.60 bits per heavy atom. The number of rotatable bonds is 6. The number of nitrogens with zero attached hydrogens (tertiary/aromatic N) is 2. The Balaban J connectivity index is 3.28. The van der Waals surface area contributed by atoms with Gasteiger partial charge in [-0.15, -0.1) is 0 Å². The van der Waals surface area contributed by atoms with E-state index in [1.54, 1.807) is 6.92 Å². The van der Waals surface area contributed by atoms with Gasteiger partial charge in [0.25, 0.3) is 11.6 Å². The van der Waals surface area contributed by atoms with Crippen LogP contribution in [0.2, 0.25) is 0 Å². The van der Waals surface area contributed by atoms with Crippen molar-refractivity contribution in [3.05, 3.63) is 27.9 Å². The minimum atomic E-state index is -1.37. The summed E-state index contributed by atoms with van der Waals surface area (Å²) < 4.78 is 0. The van der Waals surface area contributed by atoms with Crippen LogP contribution in [0.4, 0.5) is 11.5 Å². The van der Waals surface area contributed by atoms with E-state index in [0.717, 1.165) is 12.3 Å². The Labute approximate surface area is 114 Å². The van der Waals surface area contributed by atoms with Gasteiger partial charge >= 0.3 is 5.97 Å². The second-order valence-corrected chi connectivity index (χ2v) is 4.33. The van der Waals surface area contributed by atoms with Gasteiger partial charge in [0.15, 0.2) is 0 Å². The van der Waals surface area contributed by atoms with Crippen LogP contribution in [0.25, 0.3) is 0 Å². The number of carbonyl (C=O) groups excluding carboxylic acids is 1. The lowest BCUT2D eigenvalue weighted by molar-refractivity contribution is -0.385. The van der Waals surface area contributed by atoms with Crippen molar-refractivity contribution in [1.82, 2.24) is 4.98 Å². The molecule has 1 heterocycles. The quantitative estimate of drug-likeness (QED) is 0.514. The fourth-order valence-electron chi connectivity index (χ4n) is 1.40. The number of carboxylic acids is 1. The third kappa shape index (κ3) is 2.99. The molecular formula is C11H14N4O5. The van der Waals surface area contributed by atoms with E-state index >= 15 is 0 Å². The molecule has 1 atom stereocenters. The molecule has 0 aliphatic heterocycles.